The molecule has 0 atom stereocenters. The summed E-state index contributed by atoms with van der Waals surface area (Å²) in [5, 5.41) is 11.0. The largest absolute Gasteiger partial charge is 0.494 e. The number of para-hydroxylation sites is 1. The summed E-state index contributed by atoms with van der Waals surface area (Å²) in [6.07, 6.45) is 4.55. The van der Waals surface area contributed by atoms with Gasteiger partial charge in [0.05, 0.1) is 18.7 Å². The molecule has 1 aliphatic rings. The van der Waals surface area contributed by atoms with Gasteiger partial charge < -0.3 is 14.4 Å². The molecule has 4 heteroatoms. The average molecular weight is 349 g/mol. The number of fused-ring (bicyclic) bond motifs is 3. The molecule has 0 radical (unpaired) electrons. The number of hydrogen-bond donors (Lipinski definition) is 1. The summed E-state index contributed by atoms with van der Waals surface area (Å²) in [5.41, 5.74) is 5.02. The highest BCUT2D eigenvalue weighted by atomic mass is 16.5. The first kappa shape index (κ1) is 16.7. The third-order valence-electron chi connectivity index (χ3n) is 5.26. The first-order valence-corrected chi connectivity index (χ1v) is 9.27. The summed E-state index contributed by atoms with van der Waals surface area (Å²) in [5.74, 6) is -0.248. The van der Waals surface area contributed by atoms with E-state index in [0.717, 1.165) is 18.4 Å². The summed E-state index contributed by atoms with van der Waals surface area (Å²) in [4.78, 5) is 11.8. The smallest absolute Gasteiger partial charge is 0.336 e. The Hall–Kier alpha value is -2.75. The second-order valence-electron chi connectivity index (χ2n) is 6.76. The van der Waals surface area contributed by atoms with Crippen molar-refractivity contribution >= 4 is 16.9 Å². The summed E-state index contributed by atoms with van der Waals surface area (Å²) >= 11 is 0. The minimum atomic E-state index is -0.910. The van der Waals surface area contributed by atoms with Gasteiger partial charge in [0, 0.05) is 22.2 Å². The van der Waals surface area contributed by atoms with Crippen LogP contribution in [0.5, 0.6) is 5.75 Å². The normalized spacial score (nSPS) is 13.6. The van der Waals surface area contributed by atoms with E-state index in [-0.39, 0.29) is 0 Å². The topological polar surface area (TPSA) is 51.5 Å². The van der Waals surface area contributed by atoms with E-state index in [1.54, 1.807) is 12.1 Å². The Morgan fingerprint density at radius 2 is 1.92 bits per heavy atom. The minimum absolute atomic E-state index is 0.318. The maximum Gasteiger partial charge on any atom is 0.336 e. The summed E-state index contributed by atoms with van der Waals surface area (Å²) in [6, 6.07) is 13.7. The number of nitrogens with zero attached hydrogens (tertiary/aromatic N) is 1. The van der Waals surface area contributed by atoms with Crippen molar-refractivity contribution in [1.29, 1.82) is 0 Å². The lowest BCUT2D eigenvalue weighted by molar-refractivity contribution is 0.0695. The first-order valence-electron chi connectivity index (χ1n) is 9.27. The second kappa shape index (κ2) is 6.87. The van der Waals surface area contributed by atoms with Crippen LogP contribution < -0.4 is 4.74 Å². The third kappa shape index (κ3) is 2.75. The number of ether oxygens (including phenoxy) is 1. The molecular weight excluding hydrogens is 326 g/mol. The van der Waals surface area contributed by atoms with E-state index in [9.17, 15) is 9.90 Å². The number of aromatic carboxylic acids is 1. The van der Waals surface area contributed by atoms with E-state index in [1.807, 2.05) is 13.0 Å². The standard InChI is InChI=1S/C22H23NO3/c1-2-26-21-13-7-10-17(22(24)25)18(21)14-23-19-11-5-3-8-15(19)16-9-4-6-12-20(16)23/h3,5,7-8,10-11,13H,2,4,6,9,12,14H2,1H3,(H,24,25). The molecular formula is C22H23NO3. The van der Waals surface area contributed by atoms with Crippen molar-refractivity contribution in [2.24, 2.45) is 0 Å². The molecule has 0 spiro atoms. The lowest BCUT2D eigenvalue weighted by Gasteiger charge is -2.19. The van der Waals surface area contributed by atoms with Crippen LogP contribution in [0.15, 0.2) is 42.5 Å². The van der Waals surface area contributed by atoms with Crippen LogP contribution in [0.3, 0.4) is 0 Å². The van der Waals surface area contributed by atoms with Crippen LogP contribution in [0.1, 0.15) is 46.9 Å². The zero-order valence-corrected chi connectivity index (χ0v) is 15.0. The van der Waals surface area contributed by atoms with Gasteiger partial charge in [-0.1, -0.05) is 24.3 Å². The summed E-state index contributed by atoms with van der Waals surface area (Å²) < 4.78 is 8.06. The van der Waals surface area contributed by atoms with Crippen molar-refractivity contribution in [1.82, 2.24) is 4.57 Å². The van der Waals surface area contributed by atoms with Crippen LogP contribution in [-0.2, 0) is 19.4 Å². The molecule has 0 bridgehead atoms. The number of carboxylic acids is 1. The molecule has 0 saturated heterocycles. The Balaban J connectivity index is 1.90. The number of carboxylic acid groups (broad SMARTS) is 1. The van der Waals surface area contributed by atoms with Gasteiger partial charge >= 0.3 is 5.97 Å². The molecule has 0 saturated carbocycles. The number of rotatable bonds is 5. The molecule has 3 aromatic rings. The molecule has 134 valence electrons. The molecule has 0 fully saturated rings. The first-order chi connectivity index (χ1) is 12.7. The summed E-state index contributed by atoms with van der Waals surface area (Å²) in [6.45, 7) is 2.96. The molecule has 26 heavy (non-hydrogen) atoms. The Bertz CT molecular complexity index is 971. The fourth-order valence-corrected chi connectivity index (χ4v) is 4.15. The van der Waals surface area contributed by atoms with Gasteiger partial charge in [0.2, 0.25) is 0 Å². The maximum atomic E-state index is 11.8. The second-order valence-corrected chi connectivity index (χ2v) is 6.76. The number of aromatic nitrogens is 1. The van der Waals surface area contributed by atoms with Crippen LogP contribution in [0, 0.1) is 0 Å². The molecule has 2 aromatic carbocycles. The van der Waals surface area contributed by atoms with Gasteiger partial charge in [0.15, 0.2) is 0 Å². The molecule has 1 aliphatic carbocycles. The Labute approximate surface area is 153 Å². The molecule has 0 aliphatic heterocycles. The molecule has 0 amide bonds. The van der Waals surface area contributed by atoms with Crippen molar-refractivity contribution in [3.05, 3.63) is 64.8 Å². The maximum absolute atomic E-state index is 11.8. The fourth-order valence-electron chi connectivity index (χ4n) is 4.15. The van der Waals surface area contributed by atoms with Crippen molar-refractivity contribution < 1.29 is 14.6 Å². The Morgan fingerprint density at radius 3 is 2.73 bits per heavy atom. The number of hydrogen-bond acceptors (Lipinski definition) is 2. The van der Waals surface area contributed by atoms with E-state index in [2.05, 4.69) is 28.8 Å². The molecule has 4 rings (SSSR count). The quantitative estimate of drug-likeness (QED) is 0.728. The summed E-state index contributed by atoms with van der Waals surface area (Å²) in [7, 11) is 0. The minimum Gasteiger partial charge on any atom is -0.494 e. The monoisotopic (exact) mass is 349 g/mol. The van der Waals surface area contributed by atoms with E-state index in [0.29, 0.717) is 24.5 Å². The van der Waals surface area contributed by atoms with E-state index in [4.69, 9.17) is 4.74 Å². The molecule has 1 heterocycles. The molecule has 4 nitrogen and oxygen atoms in total. The van der Waals surface area contributed by atoms with Crippen molar-refractivity contribution in [3.8, 4) is 5.75 Å². The van der Waals surface area contributed by atoms with Gasteiger partial charge in [-0.05, 0) is 56.4 Å². The number of benzene rings is 2. The van der Waals surface area contributed by atoms with Gasteiger partial charge in [0.1, 0.15) is 5.75 Å². The van der Waals surface area contributed by atoms with Gasteiger partial charge in [0.25, 0.3) is 0 Å². The lowest BCUT2D eigenvalue weighted by Crippen LogP contribution is -2.13. The van der Waals surface area contributed by atoms with E-state index < -0.39 is 5.97 Å². The van der Waals surface area contributed by atoms with Crippen LogP contribution in [0.4, 0.5) is 0 Å². The zero-order chi connectivity index (χ0) is 18.1. The highest BCUT2D eigenvalue weighted by molar-refractivity contribution is 5.91. The fraction of sp³-hybridized carbons (Fsp3) is 0.318. The zero-order valence-electron chi connectivity index (χ0n) is 15.0. The van der Waals surface area contributed by atoms with Gasteiger partial charge in [-0.3, -0.25) is 0 Å². The van der Waals surface area contributed by atoms with Gasteiger partial charge in [-0.2, -0.15) is 0 Å². The highest BCUT2D eigenvalue weighted by Crippen LogP contribution is 2.34. The van der Waals surface area contributed by atoms with Crippen LogP contribution in [0.2, 0.25) is 0 Å². The van der Waals surface area contributed by atoms with Crippen molar-refractivity contribution in [2.75, 3.05) is 6.61 Å². The number of aryl methyl sites for hydroxylation is 1. The van der Waals surface area contributed by atoms with Crippen molar-refractivity contribution in [2.45, 2.75) is 39.2 Å². The predicted octanol–water partition coefficient (Wildman–Crippen LogP) is 4.67. The average Bonchev–Trinajstić information content (AvgIpc) is 2.97. The van der Waals surface area contributed by atoms with Gasteiger partial charge in [-0.15, -0.1) is 0 Å². The Morgan fingerprint density at radius 1 is 1.12 bits per heavy atom. The lowest BCUT2D eigenvalue weighted by atomic mass is 9.95. The van der Waals surface area contributed by atoms with Gasteiger partial charge in [-0.25, -0.2) is 4.79 Å². The van der Waals surface area contributed by atoms with E-state index >= 15 is 0 Å². The highest BCUT2D eigenvalue weighted by Gasteiger charge is 2.22. The van der Waals surface area contributed by atoms with Crippen LogP contribution >= 0.6 is 0 Å². The van der Waals surface area contributed by atoms with E-state index in [1.165, 1.54) is 35.0 Å². The SMILES string of the molecule is CCOc1cccc(C(=O)O)c1Cn1c2c(c3ccccc31)CCCC2. The molecule has 0 unspecified atom stereocenters. The van der Waals surface area contributed by atoms with Crippen LogP contribution in [-0.4, -0.2) is 22.2 Å². The Kier molecular flexibility index (Phi) is 4.41. The van der Waals surface area contributed by atoms with Crippen LogP contribution in [0.25, 0.3) is 10.9 Å². The third-order valence-corrected chi connectivity index (χ3v) is 5.26. The molecule has 1 N–H and O–H groups in total. The predicted molar refractivity (Wildman–Crippen MR) is 102 cm³/mol. The molecule has 1 aromatic heterocycles. The van der Waals surface area contributed by atoms with Crippen molar-refractivity contribution in [3.63, 3.8) is 0 Å². The number of carbonyl (C=O) groups is 1.